The molecule has 1 amide bonds. The lowest BCUT2D eigenvalue weighted by Crippen LogP contribution is -2.48. The van der Waals surface area contributed by atoms with Gasteiger partial charge in [-0.1, -0.05) is 19.8 Å². The van der Waals surface area contributed by atoms with Crippen molar-refractivity contribution in [1.29, 1.82) is 0 Å². The molecule has 0 spiro atoms. The Morgan fingerprint density at radius 3 is 2.60 bits per heavy atom. The monoisotopic (exact) mass is 284 g/mol. The zero-order valence-electron chi connectivity index (χ0n) is 12.0. The molecule has 0 aromatic heterocycles. The van der Waals surface area contributed by atoms with Crippen molar-refractivity contribution in [2.45, 2.75) is 44.7 Å². The predicted octanol–water partition coefficient (Wildman–Crippen LogP) is 0.467. The molecule has 1 aliphatic heterocycles. The van der Waals surface area contributed by atoms with E-state index < -0.39 is 11.9 Å². The van der Waals surface area contributed by atoms with Crippen molar-refractivity contribution in [1.82, 2.24) is 10.2 Å². The fourth-order valence-electron chi connectivity index (χ4n) is 3.13. The van der Waals surface area contributed by atoms with Gasteiger partial charge in [0.15, 0.2) is 0 Å². The molecule has 2 fully saturated rings. The fraction of sp³-hybridized carbons (Fsp3) is 0.857. The summed E-state index contributed by atoms with van der Waals surface area (Å²) >= 11 is 0. The molecule has 114 valence electrons. The van der Waals surface area contributed by atoms with Gasteiger partial charge in [0.05, 0.1) is 25.7 Å². The van der Waals surface area contributed by atoms with E-state index in [0.717, 1.165) is 12.8 Å². The highest BCUT2D eigenvalue weighted by molar-refractivity contribution is 5.78. The summed E-state index contributed by atoms with van der Waals surface area (Å²) in [6.07, 6.45) is 4.48. The van der Waals surface area contributed by atoms with Gasteiger partial charge in [0, 0.05) is 12.1 Å². The molecule has 6 nitrogen and oxygen atoms in total. The zero-order valence-corrected chi connectivity index (χ0v) is 12.0. The van der Waals surface area contributed by atoms with Crippen LogP contribution in [0.25, 0.3) is 0 Å². The first-order chi connectivity index (χ1) is 9.61. The molecular weight excluding hydrogens is 260 g/mol. The number of carbonyl (C=O) groups is 2. The Morgan fingerprint density at radius 2 is 2.00 bits per heavy atom. The maximum absolute atomic E-state index is 12.1. The van der Waals surface area contributed by atoms with Crippen molar-refractivity contribution >= 4 is 11.9 Å². The number of hydrogen-bond donors (Lipinski definition) is 2. The molecule has 0 bridgehead atoms. The number of amides is 1. The van der Waals surface area contributed by atoms with E-state index in [1.165, 1.54) is 12.8 Å². The maximum Gasteiger partial charge on any atom is 0.310 e. The minimum absolute atomic E-state index is 0.00483. The second kappa shape index (κ2) is 7.04. The van der Waals surface area contributed by atoms with E-state index >= 15 is 0 Å². The number of carboxylic acid groups (broad SMARTS) is 1. The van der Waals surface area contributed by atoms with Crippen LogP contribution >= 0.6 is 0 Å². The van der Waals surface area contributed by atoms with Crippen molar-refractivity contribution in [3.63, 3.8) is 0 Å². The van der Waals surface area contributed by atoms with Crippen LogP contribution < -0.4 is 5.32 Å². The van der Waals surface area contributed by atoms with Gasteiger partial charge in [0.2, 0.25) is 5.91 Å². The highest BCUT2D eigenvalue weighted by Crippen LogP contribution is 2.20. The standard InChI is InChI=1S/C14H24N2O4/c1-2-16(12-9-20-8-11(12)14(18)19)7-13(17)15-10-5-3-4-6-10/h10-12H,2-9H2,1H3,(H,15,17)(H,18,19). The average molecular weight is 284 g/mol. The number of likely N-dealkylation sites (N-methyl/N-ethyl adjacent to an activating group) is 1. The fourth-order valence-corrected chi connectivity index (χ4v) is 3.13. The summed E-state index contributed by atoms with van der Waals surface area (Å²) in [6.45, 7) is 3.48. The van der Waals surface area contributed by atoms with Crippen LogP contribution in [0, 0.1) is 5.92 Å². The molecule has 2 N–H and O–H groups in total. The average Bonchev–Trinajstić information content (AvgIpc) is 3.06. The van der Waals surface area contributed by atoms with Gasteiger partial charge >= 0.3 is 5.97 Å². The minimum Gasteiger partial charge on any atom is -0.481 e. The Labute approximate surface area is 119 Å². The number of aliphatic carboxylic acids is 1. The Bertz CT molecular complexity index is 355. The molecule has 2 rings (SSSR count). The summed E-state index contributed by atoms with van der Waals surface area (Å²) in [4.78, 5) is 25.2. The summed E-state index contributed by atoms with van der Waals surface area (Å²) in [7, 11) is 0. The highest BCUT2D eigenvalue weighted by atomic mass is 16.5. The number of hydrogen-bond acceptors (Lipinski definition) is 4. The molecule has 2 atom stereocenters. The van der Waals surface area contributed by atoms with Crippen LogP contribution in [0.15, 0.2) is 0 Å². The topological polar surface area (TPSA) is 78.9 Å². The molecular formula is C14H24N2O4. The van der Waals surface area contributed by atoms with Crippen LogP contribution in [0.5, 0.6) is 0 Å². The first-order valence-electron chi connectivity index (χ1n) is 7.45. The molecule has 6 heteroatoms. The van der Waals surface area contributed by atoms with E-state index in [1.54, 1.807) is 0 Å². The Hall–Kier alpha value is -1.14. The van der Waals surface area contributed by atoms with E-state index in [1.807, 2.05) is 11.8 Å². The molecule has 1 heterocycles. The van der Waals surface area contributed by atoms with Gasteiger partial charge in [0.1, 0.15) is 0 Å². The summed E-state index contributed by atoms with van der Waals surface area (Å²) in [6, 6.07) is 0.100. The molecule has 1 saturated heterocycles. The van der Waals surface area contributed by atoms with E-state index in [2.05, 4.69) is 5.32 Å². The van der Waals surface area contributed by atoms with Crippen LogP contribution in [0.1, 0.15) is 32.6 Å². The van der Waals surface area contributed by atoms with Crippen LogP contribution in [-0.4, -0.2) is 60.3 Å². The molecule has 1 aliphatic carbocycles. The zero-order chi connectivity index (χ0) is 14.5. The first kappa shape index (κ1) is 15.3. The molecule has 1 saturated carbocycles. The van der Waals surface area contributed by atoms with E-state index in [0.29, 0.717) is 19.2 Å². The van der Waals surface area contributed by atoms with Gasteiger partial charge < -0.3 is 15.2 Å². The van der Waals surface area contributed by atoms with Crippen molar-refractivity contribution in [3.05, 3.63) is 0 Å². The van der Waals surface area contributed by atoms with Gasteiger partial charge in [-0.15, -0.1) is 0 Å². The largest absolute Gasteiger partial charge is 0.481 e. The van der Waals surface area contributed by atoms with Crippen LogP contribution in [0.2, 0.25) is 0 Å². The third kappa shape index (κ3) is 3.70. The third-order valence-electron chi connectivity index (χ3n) is 4.31. The predicted molar refractivity (Wildman–Crippen MR) is 73.4 cm³/mol. The van der Waals surface area contributed by atoms with E-state index in [9.17, 15) is 14.7 Å². The van der Waals surface area contributed by atoms with Crippen molar-refractivity contribution < 1.29 is 19.4 Å². The Kier molecular flexibility index (Phi) is 5.37. The summed E-state index contributed by atoms with van der Waals surface area (Å²) in [5.74, 6) is -1.38. The maximum atomic E-state index is 12.1. The number of rotatable bonds is 6. The molecule has 20 heavy (non-hydrogen) atoms. The minimum atomic E-state index is -0.845. The van der Waals surface area contributed by atoms with Gasteiger partial charge in [-0.3, -0.25) is 14.5 Å². The second-order valence-corrected chi connectivity index (χ2v) is 5.66. The second-order valence-electron chi connectivity index (χ2n) is 5.66. The number of ether oxygens (including phenoxy) is 1. The Balaban J connectivity index is 1.87. The van der Waals surface area contributed by atoms with E-state index in [-0.39, 0.29) is 25.1 Å². The SMILES string of the molecule is CCN(CC(=O)NC1CCCC1)C1COCC1C(=O)O. The quantitative estimate of drug-likeness (QED) is 0.741. The van der Waals surface area contributed by atoms with Gasteiger partial charge in [-0.2, -0.15) is 0 Å². The Morgan fingerprint density at radius 1 is 1.30 bits per heavy atom. The molecule has 0 radical (unpaired) electrons. The van der Waals surface area contributed by atoms with Crippen molar-refractivity contribution in [3.8, 4) is 0 Å². The van der Waals surface area contributed by atoms with E-state index in [4.69, 9.17) is 4.74 Å². The van der Waals surface area contributed by atoms with Crippen LogP contribution in [0.4, 0.5) is 0 Å². The normalized spacial score (nSPS) is 27.1. The number of carboxylic acids is 1. The lowest BCUT2D eigenvalue weighted by molar-refractivity contribution is -0.143. The van der Waals surface area contributed by atoms with Crippen LogP contribution in [0.3, 0.4) is 0 Å². The third-order valence-corrected chi connectivity index (χ3v) is 4.31. The summed E-state index contributed by atoms with van der Waals surface area (Å²) in [5, 5.41) is 12.2. The lowest BCUT2D eigenvalue weighted by atomic mass is 10.0. The van der Waals surface area contributed by atoms with Crippen LogP contribution in [-0.2, 0) is 14.3 Å². The lowest BCUT2D eigenvalue weighted by Gasteiger charge is -2.28. The van der Waals surface area contributed by atoms with Crippen molar-refractivity contribution in [2.75, 3.05) is 26.3 Å². The van der Waals surface area contributed by atoms with Gasteiger partial charge in [0.25, 0.3) is 0 Å². The first-order valence-corrected chi connectivity index (χ1v) is 7.45. The summed E-state index contributed by atoms with van der Waals surface area (Å²) < 4.78 is 5.27. The molecule has 0 aromatic carbocycles. The molecule has 2 aliphatic rings. The highest BCUT2D eigenvalue weighted by Gasteiger charge is 2.38. The van der Waals surface area contributed by atoms with Crippen molar-refractivity contribution in [2.24, 2.45) is 5.92 Å². The number of nitrogens with zero attached hydrogens (tertiary/aromatic N) is 1. The molecule has 2 unspecified atom stereocenters. The number of carbonyl (C=O) groups excluding carboxylic acids is 1. The molecule has 0 aromatic rings. The number of nitrogens with one attached hydrogen (secondary N) is 1. The summed E-state index contributed by atoms with van der Waals surface area (Å²) in [5.41, 5.74) is 0. The smallest absolute Gasteiger partial charge is 0.310 e. The van der Waals surface area contributed by atoms with Gasteiger partial charge in [-0.25, -0.2) is 0 Å². The van der Waals surface area contributed by atoms with Gasteiger partial charge in [-0.05, 0) is 19.4 Å².